The second-order valence-electron chi connectivity index (χ2n) is 7.20. The molecule has 7 nitrogen and oxygen atoms in total. The average molecular weight is 406 g/mol. The highest BCUT2D eigenvalue weighted by atomic mass is 19.1. The number of aromatic nitrogens is 3. The summed E-state index contributed by atoms with van der Waals surface area (Å²) in [6, 6.07) is 15.9. The van der Waals surface area contributed by atoms with Gasteiger partial charge in [-0.15, -0.1) is 10.2 Å². The summed E-state index contributed by atoms with van der Waals surface area (Å²) < 4.78 is 13.8. The minimum absolute atomic E-state index is 0.0592. The maximum Gasteiger partial charge on any atom is 0.227 e. The smallest absolute Gasteiger partial charge is 0.227 e. The topological polar surface area (TPSA) is 74.2 Å². The molecule has 3 aromatic rings. The van der Waals surface area contributed by atoms with Crippen molar-refractivity contribution in [3.63, 3.8) is 0 Å². The highest BCUT2D eigenvalue weighted by molar-refractivity contribution is 5.79. The lowest BCUT2D eigenvalue weighted by atomic mass is 10.1. The molecule has 0 unspecified atom stereocenters. The number of carbonyl (C=O) groups is 1. The molecule has 0 saturated carbocycles. The molecule has 1 aromatic carbocycles. The highest BCUT2D eigenvalue weighted by Gasteiger charge is 2.22. The second kappa shape index (κ2) is 8.86. The third-order valence-electron chi connectivity index (χ3n) is 5.05. The van der Waals surface area contributed by atoms with Crippen molar-refractivity contribution in [1.82, 2.24) is 20.1 Å². The number of nitrogens with zero attached hydrogens (tertiary/aromatic N) is 5. The Morgan fingerprint density at radius 3 is 2.47 bits per heavy atom. The van der Waals surface area contributed by atoms with Crippen LogP contribution in [0, 0.1) is 12.7 Å². The molecule has 0 radical (unpaired) electrons. The molecule has 1 aliphatic heterocycles. The van der Waals surface area contributed by atoms with E-state index in [0.29, 0.717) is 37.6 Å². The largest absolute Gasteiger partial charge is 0.352 e. The van der Waals surface area contributed by atoms with Gasteiger partial charge in [-0.05, 0) is 42.8 Å². The van der Waals surface area contributed by atoms with Crippen molar-refractivity contribution >= 4 is 23.4 Å². The fourth-order valence-corrected chi connectivity index (χ4v) is 3.41. The molecule has 154 valence electrons. The Labute approximate surface area is 174 Å². The van der Waals surface area contributed by atoms with Gasteiger partial charge < -0.3 is 15.1 Å². The maximum absolute atomic E-state index is 13.8. The second-order valence-corrected chi connectivity index (χ2v) is 7.20. The van der Waals surface area contributed by atoms with E-state index >= 15 is 0 Å². The standard InChI is InChI=1S/C22H23FN6O/c1-16-5-4-8-19(24-16)25-20-9-10-21(27-26-20)28-11-13-29(14-12-28)22(30)15-17-6-2-3-7-18(17)23/h2-10H,11-15H2,1H3,(H,24,25,26). The molecule has 1 saturated heterocycles. The number of rotatable bonds is 5. The molecule has 0 bridgehead atoms. The van der Waals surface area contributed by atoms with Crippen molar-refractivity contribution in [3.05, 3.63) is 71.7 Å². The van der Waals surface area contributed by atoms with Gasteiger partial charge in [-0.2, -0.15) is 0 Å². The number of pyridine rings is 1. The van der Waals surface area contributed by atoms with Gasteiger partial charge in [0.15, 0.2) is 11.6 Å². The summed E-state index contributed by atoms with van der Waals surface area (Å²) >= 11 is 0. The van der Waals surface area contributed by atoms with Crippen molar-refractivity contribution in [1.29, 1.82) is 0 Å². The number of piperazine rings is 1. The van der Waals surface area contributed by atoms with Crippen molar-refractivity contribution in [2.24, 2.45) is 0 Å². The van der Waals surface area contributed by atoms with Crippen LogP contribution in [0.1, 0.15) is 11.3 Å². The summed E-state index contributed by atoms with van der Waals surface area (Å²) in [5.41, 5.74) is 1.36. The lowest BCUT2D eigenvalue weighted by Gasteiger charge is -2.35. The molecular weight excluding hydrogens is 383 g/mol. The molecule has 0 spiro atoms. The van der Waals surface area contributed by atoms with Crippen molar-refractivity contribution < 1.29 is 9.18 Å². The maximum atomic E-state index is 13.8. The van der Waals surface area contributed by atoms with Crippen LogP contribution in [0.2, 0.25) is 0 Å². The molecule has 1 N–H and O–H groups in total. The van der Waals surface area contributed by atoms with Gasteiger partial charge in [-0.3, -0.25) is 4.79 Å². The number of anilines is 3. The average Bonchev–Trinajstić information content (AvgIpc) is 2.76. The molecular formula is C22H23FN6O. The summed E-state index contributed by atoms with van der Waals surface area (Å²) in [5, 5.41) is 11.7. The monoisotopic (exact) mass is 406 g/mol. The predicted molar refractivity (Wildman–Crippen MR) is 113 cm³/mol. The van der Waals surface area contributed by atoms with Gasteiger partial charge in [-0.1, -0.05) is 24.3 Å². The van der Waals surface area contributed by atoms with Crippen molar-refractivity contribution in [2.45, 2.75) is 13.3 Å². The first-order valence-corrected chi connectivity index (χ1v) is 9.89. The summed E-state index contributed by atoms with van der Waals surface area (Å²) in [5.74, 6) is 1.71. The highest BCUT2D eigenvalue weighted by Crippen LogP contribution is 2.17. The van der Waals surface area contributed by atoms with E-state index in [-0.39, 0.29) is 18.1 Å². The van der Waals surface area contributed by atoms with E-state index in [2.05, 4.69) is 25.4 Å². The Morgan fingerprint density at radius 2 is 1.77 bits per heavy atom. The van der Waals surface area contributed by atoms with E-state index < -0.39 is 0 Å². The number of halogens is 1. The van der Waals surface area contributed by atoms with Gasteiger partial charge in [0.05, 0.1) is 6.42 Å². The quantitative estimate of drug-likeness (QED) is 0.702. The van der Waals surface area contributed by atoms with Crippen LogP contribution < -0.4 is 10.2 Å². The third kappa shape index (κ3) is 4.71. The van der Waals surface area contributed by atoms with Crippen molar-refractivity contribution in [2.75, 3.05) is 36.4 Å². The van der Waals surface area contributed by atoms with Gasteiger partial charge in [0.2, 0.25) is 5.91 Å². The zero-order valence-electron chi connectivity index (χ0n) is 16.8. The van der Waals surface area contributed by atoms with Gasteiger partial charge in [0, 0.05) is 31.9 Å². The van der Waals surface area contributed by atoms with E-state index in [0.717, 1.165) is 17.3 Å². The molecule has 1 amide bonds. The van der Waals surface area contributed by atoms with Crippen LogP contribution in [-0.2, 0) is 11.2 Å². The molecule has 3 heterocycles. The number of benzene rings is 1. The van der Waals surface area contributed by atoms with Crippen LogP contribution in [-0.4, -0.2) is 52.2 Å². The summed E-state index contributed by atoms with van der Waals surface area (Å²) in [6.45, 7) is 4.39. The third-order valence-corrected chi connectivity index (χ3v) is 5.05. The van der Waals surface area contributed by atoms with Crippen LogP contribution in [0.3, 0.4) is 0 Å². The number of nitrogens with one attached hydrogen (secondary N) is 1. The first-order chi connectivity index (χ1) is 14.6. The predicted octanol–water partition coefficient (Wildman–Crippen LogP) is 2.95. The Bertz CT molecular complexity index is 1020. The first kappa shape index (κ1) is 19.8. The summed E-state index contributed by atoms with van der Waals surface area (Å²) in [4.78, 5) is 20.8. The van der Waals surface area contributed by atoms with Gasteiger partial charge in [0.25, 0.3) is 0 Å². The molecule has 0 atom stereocenters. The Morgan fingerprint density at radius 1 is 0.967 bits per heavy atom. The van der Waals surface area contributed by atoms with Crippen LogP contribution in [0.4, 0.5) is 21.8 Å². The van der Waals surface area contributed by atoms with Crippen LogP contribution in [0.15, 0.2) is 54.6 Å². The zero-order valence-corrected chi connectivity index (χ0v) is 16.8. The molecule has 2 aromatic heterocycles. The number of hydrogen-bond acceptors (Lipinski definition) is 6. The Hall–Kier alpha value is -3.55. The van der Waals surface area contributed by atoms with Crippen LogP contribution in [0.25, 0.3) is 0 Å². The van der Waals surface area contributed by atoms with Gasteiger partial charge >= 0.3 is 0 Å². The SMILES string of the molecule is Cc1cccc(Nc2ccc(N3CCN(C(=O)Cc4ccccc4F)CC3)nn2)n1. The van der Waals surface area contributed by atoms with Crippen LogP contribution >= 0.6 is 0 Å². The lowest BCUT2D eigenvalue weighted by molar-refractivity contribution is -0.130. The lowest BCUT2D eigenvalue weighted by Crippen LogP contribution is -2.49. The fraction of sp³-hybridized carbons (Fsp3) is 0.273. The molecule has 1 aliphatic rings. The summed E-state index contributed by atoms with van der Waals surface area (Å²) in [6.07, 6.45) is 0.0832. The summed E-state index contributed by atoms with van der Waals surface area (Å²) in [7, 11) is 0. The molecule has 0 aliphatic carbocycles. The minimum Gasteiger partial charge on any atom is -0.352 e. The van der Waals surface area contributed by atoms with Gasteiger partial charge in [-0.25, -0.2) is 9.37 Å². The van der Waals surface area contributed by atoms with E-state index in [1.165, 1.54) is 6.07 Å². The number of hydrogen-bond donors (Lipinski definition) is 1. The van der Waals surface area contributed by atoms with E-state index in [1.54, 1.807) is 23.1 Å². The molecule has 8 heteroatoms. The molecule has 4 rings (SSSR count). The minimum atomic E-state index is -0.339. The molecule has 1 fully saturated rings. The van der Waals surface area contributed by atoms with Crippen molar-refractivity contribution in [3.8, 4) is 0 Å². The van der Waals surface area contributed by atoms with Gasteiger partial charge in [0.1, 0.15) is 11.6 Å². The number of aryl methyl sites for hydroxylation is 1. The molecule has 30 heavy (non-hydrogen) atoms. The fourth-order valence-electron chi connectivity index (χ4n) is 3.41. The number of carbonyl (C=O) groups excluding carboxylic acids is 1. The van der Waals surface area contributed by atoms with E-state index in [4.69, 9.17) is 0 Å². The number of amides is 1. The first-order valence-electron chi connectivity index (χ1n) is 9.89. The zero-order chi connectivity index (χ0) is 20.9. The Balaban J connectivity index is 1.31. The normalized spacial score (nSPS) is 13.9. The van der Waals surface area contributed by atoms with E-state index in [1.807, 2.05) is 37.3 Å². The van der Waals surface area contributed by atoms with Crippen LogP contribution in [0.5, 0.6) is 0 Å². The Kier molecular flexibility index (Phi) is 5.83. The van der Waals surface area contributed by atoms with E-state index in [9.17, 15) is 9.18 Å².